The van der Waals surface area contributed by atoms with E-state index >= 15 is 0 Å². The summed E-state index contributed by atoms with van der Waals surface area (Å²) in [5.41, 5.74) is 1.21. The van der Waals surface area contributed by atoms with Crippen molar-refractivity contribution < 1.29 is 76.2 Å². The lowest BCUT2D eigenvalue weighted by molar-refractivity contribution is 0.350. The molecule has 0 spiro atoms. The van der Waals surface area contributed by atoms with Crippen LogP contribution in [0, 0.1) is 20.8 Å². The number of nitrogens with zero attached hydrogens (tertiary/aromatic N) is 3. The van der Waals surface area contributed by atoms with Crippen LogP contribution in [0.1, 0.15) is 29.5 Å². The second kappa shape index (κ2) is 14.6. The van der Waals surface area contributed by atoms with Crippen molar-refractivity contribution in [1.82, 2.24) is 13.7 Å². The van der Waals surface area contributed by atoms with Gasteiger partial charge in [-0.15, -0.1) is 0 Å². The van der Waals surface area contributed by atoms with Crippen LogP contribution in [0.25, 0.3) is 105 Å². The SMILES string of the molecule is Cc1c(C)c(O)c2c(c1O)c1c(O)c3c4c(c1n2-c1cccc(-c2ccccc2)c1)Oc1c(C)c(-c2c(O)c(O)c5c(c2O)c2c(O)c(O)c(O)c(O)c2n5C2=CCCC=C2)c(O)c2c5c(O)c(O)c(O)c(c5n-4c12)S3. The molecule has 0 amide bonds. The number of aromatic hydroxyl groups is 14. The Hall–Kier alpha value is -10.0. The van der Waals surface area contributed by atoms with Crippen molar-refractivity contribution in [3.8, 4) is 126 Å². The Morgan fingerprint density at radius 3 is 1.66 bits per heavy atom. The van der Waals surface area contributed by atoms with E-state index in [0.29, 0.717) is 29.7 Å². The van der Waals surface area contributed by atoms with Gasteiger partial charge in [0.25, 0.3) is 0 Å². The number of rotatable bonds is 4. The van der Waals surface area contributed by atoms with Crippen molar-refractivity contribution in [2.75, 3.05) is 0 Å². The number of ether oxygens (including phenoxy) is 1. The fraction of sp³-hybridized carbons (Fsp3) is 0.0877. The van der Waals surface area contributed by atoms with Crippen LogP contribution >= 0.6 is 11.8 Å². The van der Waals surface area contributed by atoms with Gasteiger partial charge in [0.15, 0.2) is 46.0 Å². The molecule has 8 aromatic carbocycles. The average Bonchev–Trinajstić information content (AvgIpc) is 4.32. The molecule has 5 heterocycles. The van der Waals surface area contributed by atoms with Crippen molar-refractivity contribution in [3.63, 3.8) is 0 Å². The molecule has 14 rings (SSSR count). The molecule has 378 valence electrons. The van der Waals surface area contributed by atoms with Crippen molar-refractivity contribution in [2.24, 2.45) is 0 Å². The van der Waals surface area contributed by atoms with Crippen LogP contribution in [0.5, 0.6) is 92.0 Å². The van der Waals surface area contributed by atoms with Crippen molar-refractivity contribution in [1.29, 1.82) is 0 Å². The topological polar surface area (TPSA) is 307 Å². The summed E-state index contributed by atoms with van der Waals surface area (Å²) in [5, 5.41) is 166. The quantitative estimate of drug-likeness (QED) is 0.0575. The Morgan fingerprint density at radius 2 is 0.961 bits per heavy atom. The van der Waals surface area contributed by atoms with Gasteiger partial charge >= 0.3 is 0 Å². The van der Waals surface area contributed by atoms with E-state index in [1.54, 1.807) is 48.8 Å². The first-order chi connectivity index (χ1) is 36.4. The summed E-state index contributed by atoms with van der Waals surface area (Å²) in [6.45, 7) is 4.69. The predicted octanol–water partition coefficient (Wildman–Crippen LogP) is 11.9. The smallest absolute Gasteiger partial charge is 0.206 e. The number of hydrogen-bond donors (Lipinski definition) is 14. The van der Waals surface area contributed by atoms with E-state index in [0.717, 1.165) is 22.9 Å². The van der Waals surface area contributed by atoms with E-state index in [2.05, 4.69) is 0 Å². The van der Waals surface area contributed by atoms with Gasteiger partial charge in [0.05, 0.1) is 53.2 Å². The van der Waals surface area contributed by atoms with Crippen molar-refractivity contribution in [3.05, 3.63) is 89.5 Å². The molecule has 0 radical (unpaired) electrons. The maximum Gasteiger partial charge on any atom is 0.206 e. The number of phenols is 14. The Labute approximate surface area is 429 Å². The third-order valence-corrected chi connectivity index (χ3v) is 16.7. The number of aromatic nitrogens is 3. The van der Waals surface area contributed by atoms with Gasteiger partial charge < -0.3 is 85.4 Å². The average molecular weight is 1040 g/mol. The fourth-order valence-electron chi connectivity index (χ4n) is 11.9. The molecule has 18 nitrogen and oxygen atoms in total. The largest absolute Gasteiger partial charge is 0.507 e. The minimum absolute atomic E-state index is 0.00197. The first-order valence-electron chi connectivity index (χ1n) is 23.7. The number of allylic oxidation sites excluding steroid dienone is 4. The normalized spacial score (nSPS) is 13.6. The lowest BCUT2D eigenvalue weighted by atomic mass is 9.91. The molecule has 11 aromatic rings. The molecule has 3 aromatic heterocycles. The number of hydrogen-bond acceptors (Lipinski definition) is 16. The van der Waals surface area contributed by atoms with Gasteiger partial charge in [-0.05, 0) is 74.1 Å². The summed E-state index contributed by atoms with van der Waals surface area (Å²) in [5.74, 6) is -11.9. The molecule has 3 aliphatic rings. The van der Waals surface area contributed by atoms with Gasteiger partial charge in [0, 0.05) is 22.5 Å². The monoisotopic (exact) mass is 1040 g/mol. The van der Waals surface area contributed by atoms with Crippen LogP contribution in [-0.4, -0.2) is 85.2 Å². The van der Waals surface area contributed by atoms with E-state index in [4.69, 9.17) is 4.74 Å². The summed E-state index contributed by atoms with van der Waals surface area (Å²) in [7, 11) is 0. The van der Waals surface area contributed by atoms with Crippen LogP contribution in [0.4, 0.5) is 0 Å². The lowest BCUT2D eigenvalue weighted by Gasteiger charge is -2.30. The summed E-state index contributed by atoms with van der Waals surface area (Å²) in [4.78, 5) is -0.0842. The standard InChI is InChI=1S/C57H39N3O15S/c1-18-19(2)41(62)33-26(40(18)61)30-37(59(33)24-16-10-13-22(17-24)21-11-6-4-7-12-21)55-39-57(47(30)68)76-56-38-31(45(66)51(72)53(56)74)29-36(60(38)39)54(75-55)20(3)25(42(29)63)32-43(64)27-28-35(49(70)52(73)50(71)44(28)65)58(23-14-8-5-9-15-23)34(27)48(69)46(32)67/h4,6-8,10-17,61-74H,5,9H2,1-3H3. The molecule has 1 aliphatic carbocycles. The molecule has 0 atom stereocenters. The Kier molecular flexibility index (Phi) is 8.58. The van der Waals surface area contributed by atoms with Crippen molar-refractivity contribution in [2.45, 2.75) is 43.4 Å². The van der Waals surface area contributed by atoms with Crippen LogP contribution in [0.3, 0.4) is 0 Å². The number of benzene rings is 8. The van der Waals surface area contributed by atoms with E-state index in [-0.39, 0.29) is 93.3 Å². The molecule has 0 bridgehead atoms. The second-order valence-corrected chi connectivity index (χ2v) is 20.3. The molecule has 0 unspecified atom stereocenters. The maximum atomic E-state index is 12.9. The molecular weight excluding hydrogens is 999 g/mol. The molecule has 14 N–H and O–H groups in total. The van der Waals surface area contributed by atoms with Gasteiger partial charge in [-0.25, -0.2) is 0 Å². The van der Waals surface area contributed by atoms with Gasteiger partial charge in [-0.2, -0.15) is 0 Å². The Morgan fingerprint density at radius 1 is 0.408 bits per heavy atom. The fourth-order valence-corrected chi connectivity index (χ4v) is 13.0. The van der Waals surface area contributed by atoms with Crippen LogP contribution < -0.4 is 4.74 Å². The maximum absolute atomic E-state index is 12.9. The van der Waals surface area contributed by atoms with Crippen LogP contribution in [0.2, 0.25) is 0 Å². The van der Waals surface area contributed by atoms with Gasteiger partial charge in [-0.1, -0.05) is 66.4 Å². The van der Waals surface area contributed by atoms with E-state index < -0.39 is 102 Å². The highest BCUT2D eigenvalue weighted by Gasteiger charge is 2.44. The Balaban J connectivity index is 1.17. The summed E-state index contributed by atoms with van der Waals surface area (Å²) in [6, 6.07) is 16.8. The highest BCUT2D eigenvalue weighted by atomic mass is 32.2. The summed E-state index contributed by atoms with van der Waals surface area (Å²) in [6.07, 6.45) is 6.15. The minimum atomic E-state index is -1.18. The molecule has 76 heavy (non-hydrogen) atoms. The summed E-state index contributed by atoms with van der Waals surface area (Å²) >= 11 is 0.780. The molecular formula is C57H39N3O15S. The second-order valence-electron chi connectivity index (χ2n) is 19.2. The number of phenolic OH excluding ortho intramolecular Hbond substituents is 14. The Bertz CT molecular complexity index is 4720. The molecule has 0 saturated heterocycles. The summed E-state index contributed by atoms with van der Waals surface area (Å²) < 4.78 is 11.5. The first-order valence-corrected chi connectivity index (χ1v) is 24.5. The highest BCUT2D eigenvalue weighted by molar-refractivity contribution is 8.00. The van der Waals surface area contributed by atoms with Crippen LogP contribution in [-0.2, 0) is 0 Å². The van der Waals surface area contributed by atoms with E-state index in [9.17, 15) is 71.5 Å². The van der Waals surface area contributed by atoms with E-state index in [1.165, 1.54) is 16.1 Å². The molecule has 19 heteroatoms. The highest BCUT2D eigenvalue weighted by Crippen LogP contribution is 2.69. The van der Waals surface area contributed by atoms with Gasteiger partial charge in [-0.3, -0.25) is 4.57 Å². The van der Waals surface area contributed by atoms with E-state index in [1.807, 2.05) is 42.5 Å². The van der Waals surface area contributed by atoms with Crippen molar-refractivity contribution >= 4 is 82.9 Å². The predicted molar refractivity (Wildman–Crippen MR) is 283 cm³/mol. The third kappa shape index (κ3) is 5.06. The van der Waals surface area contributed by atoms with Gasteiger partial charge in [0.1, 0.15) is 62.0 Å². The number of fused-ring (bicyclic) bond motifs is 8. The lowest BCUT2D eigenvalue weighted by Crippen LogP contribution is -2.11. The zero-order valence-electron chi connectivity index (χ0n) is 39.8. The third-order valence-electron chi connectivity index (χ3n) is 15.5. The van der Waals surface area contributed by atoms with Crippen LogP contribution in [0.15, 0.2) is 82.6 Å². The molecule has 2 aliphatic heterocycles. The van der Waals surface area contributed by atoms with Gasteiger partial charge in [0.2, 0.25) is 17.2 Å². The first kappa shape index (κ1) is 44.7. The molecule has 0 saturated carbocycles. The zero-order valence-corrected chi connectivity index (χ0v) is 40.6. The minimum Gasteiger partial charge on any atom is -0.507 e. The molecule has 0 fully saturated rings. The zero-order chi connectivity index (χ0) is 53.1.